The summed E-state index contributed by atoms with van der Waals surface area (Å²) in [6, 6.07) is 22.0. The van der Waals surface area contributed by atoms with E-state index in [0.717, 1.165) is 17.5 Å². The van der Waals surface area contributed by atoms with E-state index in [4.69, 9.17) is 11.6 Å². The van der Waals surface area contributed by atoms with Crippen molar-refractivity contribution in [2.24, 2.45) is 0 Å². The van der Waals surface area contributed by atoms with Crippen molar-refractivity contribution in [2.45, 2.75) is 6.42 Å². The number of carbonyl (C=O) groups is 1. The minimum absolute atomic E-state index is 0.0454. The van der Waals surface area contributed by atoms with Gasteiger partial charge in [0, 0.05) is 17.1 Å². The summed E-state index contributed by atoms with van der Waals surface area (Å²) in [4.78, 5) is 12.6. The molecule has 3 rings (SSSR count). The van der Waals surface area contributed by atoms with Crippen LogP contribution in [0.3, 0.4) is 0 Å². The molecule has 4 heteroatoms. The van der Waals surface area contributed by atoms with E-state index in [1.165, 1.54) is 6.07 Å². The summed E-state index contributed by atoms with van der Waals surface area (Å²) in [5, 5.41) is 13.3. The van der Waals surface area contributed by atoms with E-state index in [1.807, 2.05) is 48.5 Å². The third kappa shape index (κ3) is 4.20. The largest absolute Gasteiger partial charge is 0.508 e. The summed E-state index contributed by atoms with van der Waals surface area (Å²) < 4.78 is 0. The molecule has 0 spiro atoms. The van der Waals surface area contributed by atoms with Crippen molar-refractivity contribution in [1.82, 2.24) is 5.32 Å². The number of aromatic hydroxyl groups is 1. The maximum Gasteiger partial charge on any atom is 0.252 e. The van der Waals surface area contributed by atoms with Gasteiger partial charge in [-0.1, -0.05) is 60.1 Å². The molecule has 25 heavy (non-hydrogen) atoms. The average molecular weight is 352 g/mol. The number of phenolic OH excluding ortho intramolecular Hbond substituents is 1. The fourth-order valence-electron chi connectivity index (χ4n) is 2.69. The number of benzene rings is 3. The van der Waals surface area contributed by atoms with Crippen LogP contribution < -0.4 is 5.32 Å². The summed E-state index contributed by atoms with van der Waals surface area (Å²) in [7, 11) is 0. The molecule has 3 aromatic rings. The molecule has 126 valence electrons. The minimum atomic E-state index is -0.234. The predicted octanol–water partition coefficient (Wildman–Crippen LogP) is 4.69. The Kier molecular flexibility index (Phi) is 5.36. The molecule has 0 aliphatic carbocycles. The highest BCUT2D eigenvalue weighted by atomic mass is 35.5. The van der Waals surface area contributed by atoms with E-state index in [1.54, 1.807) is 18.2 Å². The molecule has 0 saturated heterocycles. The van der Waals surface area contributed by atoms with Gasteiger partial charge in [0.25, 0.3) is 5.91 Å². The van der Waals surface area contributed by atoms with E-state index in [0.29, 0.717) is 22.7 Å². The molecular formula is C21H18ClNO2. The summed E-state index contributed by atoms with van der Waals surface area (Å²) in [5.74, 6) is -0.189. The Bertz CT molecular complexity index is 878. The van der Waals surface area contributed by atoms with Crippen molar-refractivity contribution < 1.29 is 9.90 Å². The van der Waals surface area contributed by atoms with Crippen LogP contribution in [0, 0.1) is 0 Å². The SMILES string of the molecule is O=C(NCCc1ccccc1)c1cc(O)ccc1-c1ccccc1Cl. The number of rotatable bonds is 5. The summed E-state index contributed by atoms with van der Waals surface area (Å²) in [6.07, 6.45) is 0.743. The van der Waals surface area contributed by atoms with Gasteiger partial charge in [0.1, 0.15) is 5.75 Å². The number of hydrogen-bond acceptors (Lipinski definition) is 2. The van der Waals surface area contributed by atoms with Crippen LogP contribution in [0.4, 0.5) is 0 Å². The van der Waals surface area contributed by atoms with Crippen molar-refractivity contribution in [3.63, 3.8) is 0 Å². The van der Waals surface area contributed by atoms with Crippen molar-refractivity contribution in [2.75, 3.05) is 6.54 Å². The van der Waals surface area contributed by atoms with Gasteiger partial charge in [-0.15, -0.1) is 0 Å². The lowest BCUT2D eigenvalue weighted by Gasteiger charge is -2.12. The summed E-state index contributed by atoms with van der Waals surface area (Å²) in [6.45, 7) is 0.514. The second-order valence-electron chi connectivity index (χ2n) is 5.70. The van der Waals surface area contributed by atoms with Gasteiger partial charge in [-0.3, -0.25) is 4.79 Å². The number of phenols is 1. The van der Waals surface area contributed by atoms with E-state index < -0.39 is 0 Å². The molecule has 3 nitrogen and oxygen atoms in total. The summed E-state index contributed by atoms with van der Waals surface area (Å²) in [5.41, 5.74) is 3.02. The zero-order valence-corrected chi connectivity index (χ0v) is 14.3. The minimum Gasteiger partial charge on any atom is -0.508 e. The topological polar surface area (TPSA) is 49.3 Å². The van der Waals surface area contributed by atoms with Gasteiger partial charge in [0.2, 0.25) is 0 Å². The van der Waals surface area contributed by atoms with Crippen molar-refractivity contribution in [1.29, 1.82) is 0 Å². The first-order chi connectivity index (χ1) is 12.1. The molecule has 3 aromatic carbocycles. The Hall–Kier alpha value is -2.78. The molecule has 0 radical (unpaired) electrons. The van der Waals surface area contributed by atoms with Gasteiger partial charge in [-0.2, -0.15) is 0 Å². The van der Waals surface area contributed by atoms with Gasteiger partial charge in [-0.25, -0.2) is 0 Å². The Balaban J connectivity index is 1.80. The van der Waals surface area contributed by atoms with Crippen LogP contribution in [0.15, 0.2) is 72.8 Å². The lowest BCUT2D eigenvalue weighted by molar-refractivity contribution is 0.0954. The quantitative estimate of drug-likeness (QED) is 0.700. The van der Waals surface area contributed by atoms with Gasteiger partial charge in [0.05, 0.1) is 5.56 Å². The van der Waals surface area contributed by atoms with Crippen LogP contribution in [0.25, 0.3) is 11.1 Å². The normalized spacial score (nSPS) is 10.4. The molecule has 2 N–H and O–H groups in total. The standard InChI is InChI=1S/C21H18ClNO2/c22-20-9-5-4-8-18(20)17-11-10-16(24)14-19(17)21(25)23-13-12-15-6-2-1-3-7-15/h1-11,14,24H,12-13H2,(H,23,25). The van der Waals surface area contributed by atoms with Crippen LogP contribution in [0.5, 0.6) is 5.75 Å². The summed E-state index contributed by atoms with van der Waals surface area (Å²) >= 11 is 6.27. The van der Waals surface area contributed by atoms with E-state index in [9.17, 15) is 9.90 Å². The van der Waals surface area contributed by atoms with E-state index >= 15 is 0 Å². The van der Waals surface area contributed by atoms with Crippen LogP contribution in [-0.2, 0) is 6.42 Å². The van der Waals surface area contributed by atoms with Gasteiger partial charge in [-0.05, 0) is 41.8 Å². The van der Waals surface area contributed by atoms with Crippen molar-refractivity contribution in [3.8, 4) is 16.9 Å². The van der Waals surface area contributed by atoms with E-state index in [-0.39, 0.29) is 11.7 Å². The third-order valence-corrected chi connectivity index (χ3v) is 4.28. The molecule has 0 atom stereocenters. The molecule has 0 unspecified atom stereocenters. The smallest absolute Gasteiger partial charge is 0.252 e. The number of carbonyl (C=O) groups excluding carboxylic acids is 1. The van der Waals surface area contributed by atoms with Gasteiger partial charge < -0.3 is 10.4 Å². The van der Waals surface area contributed by atoms with Gasteiger partial charge in [0.15, 0.2) is 0 Å². The maximum atomic E-state index is 12.6. The molecule has 0 saturated carbocycles. The Labute approximate surface area is 151 Å². The van der Waals surface area contributed by atoms with Crippen LogP contribution >= 0.6 is 11.6 Å². The van der Waals surface area contributed by atoms with Crippen LogP contribution in [0.2, 0.25) is 5.02 Å². The molecule has 0 fully saturated rings. The first kappa shape index (κ1) is 17.1. The third-order valence-electron chi connectivity index (χ3n) is 3.95. The maximum absolute atomic E-state index is 12.6. The van der Waals surface area contributed by atoms with Crippen LogP contribution in [-0.4, -0.2) is 17.6 Å². The second-order valence-corrected chi connectivity index (χ2v) is 6.11. The average Bonchev–Trinajstić information content (AvgIpc) is 2.63. The molecule has 0 bridgehead atoms. The van der Waals surface area contributed by atoms with Crippen molar-refractivity contribution in [3.05, 3.63) is 88.9 Å². The zero-order valence-electron chi connectivity index (χ0n) is 13.6. The first-order valence-corrected chi connectivity index (χ1v) is 8.43. The Morgan fingerprint density at radius 1 is 0.920 bits per heavy atom. The molecule has 1 amide bonds. The number of amides is 1. The zero-order chi connectivity index (χ0) is 17.6. The number of hydrogen-bond donors (Lipinski definition) is 2. The highest BCUT2D eigenvalue weighted by Gasteiger charge is 2.15. The molecule has 0 aromatic heterocycles. The molecule has 0 heterocycles. The Morgan fingerprint density at radius 3 is 2.40 bits per heavy atom. The first-order valence-electron chi connectivity index (χ1n) is 8.05. The predicted molar refractivity (Wildman–Crippen MR) is 101 cm³/mol. The van der Waals surface area contributed by atoms with E-state index in [2.05, 4.69) is 5.32 Å². The van der Waals surface area contributed by atoms with Gasteiger partial charge >= 0.3 is 0 Å². The van der Waals surface area contributed by atoms with Crippen molar-refractivity contribution >= 4 is 17.5 Å². The monoisotopic (exact) mass is 351 g/mol. The number of nitrogens with one attached hydrogen (secondary N) is 1. The fraction of sp³-hybridized carbons (Fsp3) is 0.0952. The molecule has 0 aliphatic heterocycles. The van der Waals surface area contributed by atoms with Crippen LogP contribution in [0.1, 0.15) is 15.9 Å². The fourth-order valence-corrected chi connectivity index (χ4v) is 2.93. The Morgan fingerprint density at radius 2 is 1.64 bits per heavy atom. The number of halogens is 1. The molecular weight excluding hydrogens is 334 g/mol. The lowest BCUT2D eigenvalue weighted by atomic mass is 9.98. The highest BCUT2D eigenvalue weighted by molar-refractivity contribution is 6.33. The highest BCUT2D eigenvalue weighted by Crippen LogP contribution is 2.32. The lowest BCUT2D eigenvalue weighted by Crippen LogP contribution is -2.26. The second kappa shape index (κ2) is 7.86. The molecule has 0 aliphatic rings.